The number of carbonyl (C=O) groups is 1. The molecule has 0 aliphatic heterocycles. The average molecular weight is 390 g/mol. The van der Waals surface area contributed by atoms with Gasteiger partial charge < -0.3 is 16.0 Å². The highest BCUT2D eigenvalue weighted by molar-refractivity contribution is 5.91. The van der Waals surface area contributed by atoms with Crippen molar-refractivity contribution in [3.63, 3.8) is 0 Å². The molecule has 0 aliphatic carbocycles. The Labute approximate surface area is 161 Å². The van der Waals surface area contributed by atoms with Crippen molar-refractivity contribution in [2.45, 2.75) is 40.2 Å². The zero-order valence-electron chi connectivity index (χ0n) is 16.3. The summed E-state index contributed by atoms with van der Waals surface area (Å²) < 4.78 is 27.7. The molecule has 0 radical (unpaired) electrons. The lowest BCUT2D eigenvalue weighted by atomic mass is 9.85. The molecule has 3 heterocycles. The van der Waals surface area contributed by atoms with E-state index >= 15 is 0 Å². The van der Waals surface area contributed by atoms with Gasteiger partial charge in [-0.05, 0) is 17.9 Å². The van der Waals surface area contributed by atoms with Crippen molar-refractivity contribution in [1.29, 1.82) is 0 Å². The van der Waals surface area contributed by atoms with E-state index in [0.717, 1.165) is 18.8 Å². The molecule has 9 heteroatoms. The van der Waals surface area contributed by atoms with E-state index in [1.165, 1.54) is 6.07 Å². The number of hydrogen-bond acceptors (Lipinski definition) is 5. The number of nitrogens with one attached hydrogen (secondary N) is 2. The monoisotopic (exact) mass is 390 g/mol. The molecule has 0 spiro atoms. The Morgan fingerprint density at radius 3 is 2.57 bits per heavy atom. The van der Waals surface area contributed by atoms with Gasteiger partial charge >= 0.3 is 0 Å². The van der Waals surface area contributed by atoms with Crippen LogP contribution in [0.4, 0.5) is 14.6 Å². The molecule has 0 saturated heterocycles. The summed E-state index contributed by atoms with van der Waals surface area (Å²) in [6.07, 6.45) is 4.99. The molecule has 7 nitrogen and oxygen atoms in total. The molecule has 150 valence electrons. The summed E-state index contributed by atoms with van der Waals surface area (Å²) in [7, 11) is 0. The Morgan fingerprint density at radius 1 is 1.29 bits per heavy atom. The van der Waals surface area contributed by atoms with Crippen LogP contribution in [0.3, 0.4) is 0 Å². The number of amides is 1. The van der Waals surface area contributed by atoms with Crippen molar-refractivity contribution < 1.29 is 13.6 Å². The number of pyridine rings is 1. The zero-order valence-corrected chi connectivity index (χ0v) is 16.3. The number of H-pyrrole nitrogens is 1. The average Bonchev–Trinajstić information content (AvgIpc) is 3.03. The van der Waals surface area contributed by atoms with Gasteiger partial charge in [0, 0.05) is 23.2 Å². The quantitative estimate of drug-likeness (QED) is 0.589. The summed E-state index contributed by atoms with van der Waals surface area (Å²) in [5.74, 6) is -0.514. The number of aromatic amines is 1. The van der Waals surface area contributed by atoms with Crippen molar-refractivity contribution in [3.05, 3.63) is 36.3 Å². The molecule has 0 aromatic carbocycles. The number of rotatable bonds is 4. The minimum absolute atomic E-state index is 0.0480. The Kier molecular flexibility index (Phi) is 6.61. The van der Waals surface area contributed by atoms with Crippen LogP contribution in [0.5, 0.6) is 0 Å². The molecule has 3 aromatic rings. The van der Waals surface area contributed by atoms with Crippen molar-refractivity contribution in [2.24, 2.45) is 11.1 Å². The summed E-state index contributed by atoms with van der Waals surface area (Å²) in [6, 6.07) is 1.41. The predicted octanol–water partition coefficient (Wildman–Crippen LogP) is 3.64. The van der Waals surface area contributed by atoms with Crippen LogP contribution >= 0.6 is 0 Å². The summed E-state index contributed by atoms with van der Waals surface area (Å²) in [4.78, 5) is 23.9. The van der Waals surface area contributed by atoms with Crippen LogP contribution in [0, 0.1) is 17.0 Å². The van der Waals surface area contributed by atoms with E-state index in [-0.39, 0.29) is 23.7 Å². The first-order valence-corrected chi connectivity index (χ1v) is 8.78. The second kappa shape index (κ2) is 8.73. The summed E-state index contributed by atoms with van der Waals surface area (Å²) in [5.41, 5.74) is 5.22. The van der Waals surface area contributed by atoms with Crippen LogP contribution in [-0.2, 0) is 4.79 Å². The van der Waals surface area contributed by atoms with Crippen LogP contribution < -0.4 is 11.1 Å². The first kappa shape index (κ1) is 21.2. The molecular formula is C19H24F2N6O. The first-order valence-electron chi connectivity index (χ1n) is 8.78. The Morgan fingerprint density at radius 2 is 1.96 bits per heavy atom. The highest BCUT2D eigenvalue weighted by atomic mass is 19.1. The predicted molar refractivity (Wildman–Crippen MR) is 104 cm³/mol. The van der Waals surface area contributed by atoms with Gasteiger partial charge in [0.2, 0.25) is 6.41 Å². The van der Waals surface area contributed by atoms with Crippen LogP contribution in [0.1, 0.15) is 34.1 Å². The van der Waals surface area contributed by atoms with Gasteiger partial charge in [0.05, 0.1) is 12.4 Å². The minimum Gasteiger partial charge on any atom is -0.372 e. The molecule has 0 aliphatic rings. The zero-order chi connectivity index (χ0) is 20.9. The van der Waals surface area contributed by atoms with Gasteiger partial charge in [-0.15, -0.1) is 0 Å². The second-order valence-corrected chi connectivity index (χ2v) is 7.25. The maximum absolute atomic E-state index is 14.2. The van der Waals surface area contributed by atoms with E-state index in [2.05, 4.69) is 51.8 Å². The van der Waals surface area contributed by atoms with Crippen LogP contribution in [0.25, 0.3) is 22.4 Å². The fourth-order valence-corrected chi connectivity index (χ4v) is 2.86. The van der Waals surface area contributed by atoms with Gasteiger partial charge in [0.25, 0.3) is 0 Å². The fourth-order valence-electron chi connectivity index (χ4n) is 2.86. The van der Waals surface area contributed by atoms with E-state index in [4.69, 9.17) is 4.79 Å². The van der Waals surface area contributed by atoms with E-state index in [0.29, 0.717) is 22.4 Å². The molecule has 4 N–H and O–H groups in total. The van der Waals surface area contributed by atoms with Crippen molar-refractivity contribution in [2.75, 3.05) is 5.32 Å². The largest absolute Gasteiger partial charge is 0.372 e. The van der Waals surface area contributed by atoms with Gasteiger partial charge in [-0.1, -0.05) is 27.7 Å². The maximum atomic E-state index is 14.2. The minimum atomic E-state index is -0.518. The molecule has 0 saturated carbocycles. The van der Waals surface area contributed by atoms with E-state index < -0.39 is 11.6 Å². The summed E-state index contributed by atoms with van der Waals surface area (Å²) >= 11 is 0. The van der Waals surface area contributed by atoms with Gasteiger partial charge in [0.15, 0.2) is 17.5 Å². The van der Waals surface area contributed by atoms with Crippen molar-refractivity contribution >= 4 is 23.3 Å². The molecule has 28 heavy (non-hydrogen) atoms. The van der Waals surface area contributed by atoms with Crippen LogP contribution in [-0.4, -0.2) is 32.4 Å². The normalized spacial score (nSPS) is 12.2. The van der Waals surface area contributed by atoms with Gasteiger partial charge in [-0.25, -0.2) is 23.7 Å². The number of nitrogens with zero attached hydrogens (tertiary/aromatic N) is 3. The molecule has 0 fully saturated rings. The molecule has 3 rings (SSSR count). The van der Waals surface area contributed by atoms with Crippen molar-refractivity contribution in [3.8, 4) is 11.4 Å². The van der Waals surface area contributed by atoms with Crippen LogP contribution in [0.15, 0.2) is 24.7 Å². The number of carbonyl (C=O) groups excluding carboxylic acids is 1. The summed E-state index contributed by atoms with van der Waals surface area (Å²) in [6.45, 7) is 8.30. The lowest BCUT2D eigenvalue weighted by Crippen LogP contribution is -2.34. The molecule has 1 unspecified atom stereocenters. The number of fused-ring (bicyclic) bond motifs is 1. The number of anilines is 1. The number of primary amides is 1. The molecule has 3 aromatic heterocycles. The molecule has 0 bridgehead atoms. The van der Waals surface area contributed by atoms with Crippen LogP contribution in [0.2, 0.25) is 0 Å². The van der Waals surface area contributed by atoms with Gasteiger partial charge in [0.1, 0.15) is 11.5 Å². The SMILES string of the molecule is CCC(Nc1nc(-c2c[nH]c3ncc(F)cc23)ncc1F)C(C)(C)C.NC=O. The van der Waals surface area contributed by atoms with E-state index in [1.807, 2.05) is 6.92 Å². The highest BCUT2D eigenvalue weighted by Crippen LogP contribution is 2.29. The molecular weight excluding hydrogens is 366 g/mol. The van der Waals surface area contributed by atoms with Gasteiger partial charge in [-0.2, -0.15) is 0 Å². The third-order valence-electron chi connectivity index (χ3n) is 4.25. The highest BCUT2D eigenvalue weighted by Gasteiger charge is 2.24. The van der Waals surface area contributed by atoms with E-state index in [9.17, 15) is 8.78 Å². The van der Waals surface area contributed by atoms with Gasteiger partial charge in [-0.3, -0.25) is 4.79 Å². The maximum Gasteiger partial charge on any atom is 0.204 e. The Bertz CT molecular complexity index is 951. The third kappa shape index (κ3) is 4.79. The lowest BCUT2D eigenvalue weighted by Gasteiger charge is -2.31. The fraction of sp³-hybridized carbons (Fsp3) is 0.368. The number of halogens is 2. The second-order valence-electron chi connectivity index (χ2n) is 7.25. The first-order chi connectivity index (χ1) is 13.2. The Hall–Kier alpha value is -3.10. The topological polar surface area (TPSA) is 110 Å². The smallest absolute Gasteiger partial charge is 0.204 e. The third-order valence-corrected chi connectivity index (χ3v) is 4.25. The summed E-state index contributed by atoms with van der Waals surface area (Å²) in [5, 5.41) is 3.73. The number of aromatic nitrogens is 4. The lowest BCUT2D eigenvalue weighted by molar-refractivity contribution is -0.106. The molecule has 1 amide bonds. The molecule has 1 atom stereocenters. The standard InChI is InChI=1S/C18H21F2N5.CH3NO/c1-5-14(18(2,3)4)24-17-13(20)9-23-16(25-17)12-8-22-15-11(12)6-10(19)7-21-15;2-1-3/h6-9,14H,5H2,1-4H3,(H,21,22)(H,23,24,25);1H,(H2,2,3). The number of hydrogen-bond donors (Lipinski definition) is 3. The Balaban J connectivity index is 0.000000878. The number of nitrogens with two attached hydrogens (primary N) is 1. The van der Waals surface area contributed by atoms with Crippen molar-refractivity contribution in [1.82, 2.24) is 19.9 Å². The van der Waals surface area contributed by atoms with E-state index in [1.54, 1.807) is 6.20 Å².